The highest BCUT2D eigenvalue weighted by Gasteiger charge is 2.28. The van der Waals surface area contributed by atoms with Gasteiger partial charge in [-0.1, -0.05) is 6.32 Å². The Balaban J connectivity index is 2.38. The molecule has 0 radical (unpaired) electrons. The molecular weight excluding hydrogens is 154 g/mol. The first kappa shape index (κ1) is 8.27. The Bertz CT molecular complexity index is 149. The van der Waals surface area contributed by atoms with Crippen molar-refractivity contribution < 1.29 is 18.7 Å². The predicted octanol–water partition coefficient (Wildman–Crippen LogP) is -0.404. The number of rotatable bonds is 1. The zero-order chi connectivity index (χ0) is 7.61. The third-order valence-electron chi connectivity index (χ3n) is 1.39. The van der Waals surface area contributed by atoms with Crippen molar-refractivity contribution in [3.8, 4) is 0 Å². The van der Waals surface area contributed by atoms with E-state index in [9.17, 15) is 4.57 Å². The molecular formula is C4H10BO4P. The summed E-state index contributed by atoms with van der Waals surface area (Å²) in [6.45, 7) is 0.240. The van der Waals surface area contributed by atoms with E-state index < -0.39 is 7.60 Å². The van der Waals surface area contributed by atoms with Gasteiger partial charge in [-0.05, 0) is 0 Å². The largest absolute Gasteiger partial charge is 0.364 e. The van der Waals surface area contributed by atoms with Crippen LogP contribution in [0.15, 0.2) is 0 Å². The molecule has 1 fully saturated rings. The van der Waals surface area contributed by atoms with Crippen molar-refractivity contribution in [2.24, 2.45) is 0 Å². The molecule has 0 saturated carbocycles. The lowest BCUT2D eigenvalue weighted by Gasteiger charge is -2.24. The number of hydrogen-bond donors (Lipinski definition) is 1. The van der Waals surface area contributed by atoms with Crippen LogP contribution >= 0.6 is 7.60 Å². The minimum absolute atomic E-state index is 0.00535. The molecule has 6 heteroatoms. The second-order valence-corrected chi connectivity index (χ2v) is 4.05. The molecule has 10 heavy (non-hydrogen) atoms. The van der Waals surface area contributed by atoms with Crippen LogP contribution in [0, 0.1) is 0 Å². The van der Waals surface area contributed by atoms with Crippen LogP contribution in [0.5, 0.6) is 0 Å². The van der Waals surface area contributed by atoms with E-state index in [1.54, 1.807) is 0 Å². The Morgan fingerprint density at radius 1 is 1.80 bits per heavy atom. The summed E-state index contributed by atoms with van der Waals surface area (Å²) in [7, 11) is -1.41. The Kier molecular flexibility index (Phi) is 2.52. The van der Waals surface area contributed by atoms with E-state index in [4.69, 9.17) is 9.63 Å². The molecule has 1 aliphatic rings. The third-order valence-corrected chi connectivity index (χ3v) is 2.42. The van der Waals surface area contributed by atoms with E-state index in [1.807, 2.05) is 7.85 Å². The van der Waals surface area contributed by atoms with Crippen LogP contribution in [0.1, 0.15) is 0 Å². The summed E-state index contributed by atoms with van der Waals surface area (Å²) in [5.41, 5.74) is 0. The first-order valence-corrected chi connectivity index (χ1v) is 4.98. The van der Waals surface area contributed by atoms with Crippen molar-refractivity contribution in [3.05, 3.63) is 0 Å². The van der Waals surface area contributed by atoms with Gasteiger partial charge in [-0.3, -0.25) is 4.57 Å². The summed E-state index contributed by atoms with van der Waals surface area (Å²) >= 11 is 0. The third kappa shape index (κ3) is 2.09. The van der Waals surface area contributed by atoms with Gasteiger partial charge in [0.05, 0.1) is 12.7 Å². The molecule has 0 aromatic heterocycles. The molecule has 0 bridgehead atoms. The lowest BCUT2D eigenvalue weighted by Crippen LogP contribution is -2.24. The highest BCUT2D eigenvalue weighted by molar-refractivity contribution is 7.52. The lowest BCUT2D eigenvalue weighted by molar-refractivity contribution is 0.0125. The predicted molar refractivity (Wildman–Crippen MR) is 38.9 cm³/mol. The second-order valence-electron chi connectivity index (χ2n) is 2.26. The van der Waals surface area contributed by atoms with Crippen LogP contribution in [0.2, 0.25) is 6.32 Å². The second kappa shape index (κ2) is 3.05. The van der Waals surface area contributed by atoms with Crippen LogP contribution in [-0.2, 0) is 13.8 Å². The minimum atomic E-state index is -3.36. The summed E-state index contributed by atoms with van der Waals surface area (Å²) in [6.07, 6.45) is 0.653. The Hall–Kier alpha value is 0.175. The van der Waals surface area contributed by atoms with Crippen molar-refractivity contribution in [2.45, 2.75) is 12.4 Å². The maximum Gasteiger partial charge on any atom is 0.353 e. The average Bonchev–Trinajstić information content (AvgIpc) is 1.88. The topological polar surface area (TPSA) is 55.8 Å². The molecule has 0 aromatic carbocycles. The van der Waals surface area contributed by atoms with E-state index in [2.05, 4.69) is 4.52 Å². The van der Waals surface area contributed by atoms with Gasteiger partial charge in [0.1, 0.15) is 14.2 Å². The lowest BCUT2D eigenvalue weighted by atomic mass is 10.0. The van der Waals surface area contributed by atoms with Crippen LogP contribution in [0.3, 0.4) is 0 Å². The van der Waals surface area contributed by atoms with Gasteiger partial charge in [0.15, 0.2) is 0 Å². The van der Waals surface area contributed by atoms with E-state index in [-0.39, 0.29) is 19.1 Å². The van der Waals surface area contributed by atoms with Crippen LogP contribution in [0.25, 0.3) is 0 Å². The van der Waals surface area contributed by atoms with Crippen LogP contribution in [-0.4, -0.2) is 31.8 Å². The minimum Gasteiger partial charge on any atom is -0.364 e. The summed E-state index contributed by atoms with van der Waals surface area (Å²) in [4.78, 5) is 8.80. The molecule has 0 aromatic rings. The summed E-state index contributed by atoms with van der Waals surface area (Å²) in [5, 5.41) is 0. The standard InChI is InChI=1S/C4H10BO4P/c5-1-4-2-9-10(6,7)3-8-4/h4H,1-3,5H2,(H,6,7)/t4-/m0/s1. The zero-order valence-electron chi connectivity index (χ0n) is 5.82. The summed E-state index contributed by atoms with van der Waals surface area (Å²) < 4.78 is 20.4. The molecule has 0 spiro atoms. The maximum atomic E-state index is 10.7. The fourth-order valence-corrected chi connectivity index (χ4v) is 1.59. The molecule has 1 N–H and O–H groups in total. The van der Waals surface area contributed by atoms with Gasteiger partial charge in [-0.25, -0.2) is 0 Å². The molecule has 2 atom stereocenters. The first-order chi connectivity index (χ1) is 4.64. The van der Waals surface area contributed by atoms with Crippen molar-refractivity contribution in [3.63, 3.8) is 0 Å². The van der Waals surface area contributed by atoms with E-state index in [0.717, 1.165) is 6.32 Å². The summed E-state index contributed by atoms with van der Waals surface area (Å²) in [6, 6.07) is 0. The van der Waals surface area contributed by atoms with Gasteiger partial charge < -0.3 is 14.2 Å². The molecule has 1 aliphatic heterocycles. The van der Waals surface area contributed by atoms with Gasteiger partial charge in [0.2, 0.25) is 0 Å². The van der Waals surface area contributed by atoms with Gasteiger partial charge in [-0.2, -0.15) is 0 Å². The van der Waals surface area contributed by atoms with Crippen molar-refractivity contribution in [2.75, 3.05) is 13.0 Å². The van der Waals surface area contributed by atoms with Gasteiger partial charge in [0, 0.05) is 0 Å². The molecule has 0 aliphatic carbocycles. The Morgan fingerprint density at radius 2 is 2.50 bits per heavy atom. The maximum absolute atomic E-state index is 10.7. The van der Waals surface area contributed by atoms with Crippen molar-refractivity contribution >= 4 is 15.4 Å². The molecule has 1 saturated heterocycles. The molecule has 0 amide bonds. The highest BCUT2D eigenvalue weighted by Crippen LogP contribution is 2.45. The van der Waals surface area contributed by atoms with Gasteiger partial charge in [0.25, 0.3) is 0 Å². The van der Waals surface area contributed by atoms with Crippen molar-refractivity contribution in [1.29, 1.82) is 0 Å². The van der Waals surface area contributed by atoms with Gasteiger partial charge >= 0.3 is 7.60 Å². The highest BCUT2D eigenvalue weighted by atomic mass is 31.2. The van der Waals surface area contributed by atoms with Gasteiger partial charge in [-0.15, -0.1) is 0 Å². The van der Waals surface area contributed by atoms with E-state index in [0.29, 0.717) is 0 Å². The van der Waals surface area contributed by atoms with Crippen LogP contribution in [0.4, 0.5) is 0 Å². The fraction of sp³-hybridized carbons (Fsp3) is 1.00. The first-order valence-electron chi connectivity index (χ1n) is 3.22. The van der Waals surface area contributed by atoms with E-state index >= 15 is 0 Å². The molecule has 58 valence electrons. The number of hydrogen-bond acceptors (Lipinski definition) is 3. The molecule has 1 rings (SSSR count). The normalized spacial score (nSPS) is 41.5. The quantitative estimate of drug-likeness (QED) is 0.423. The molecule has 1 heterocycles. The van der Waals surface area contributed by atoms with Crippen LogP contribution < -0.4 is 0 Å². The zero-order valence-corrected chi connectivity index (χ0v) is 6.71. The molecule has 4 nitrogen and oxygen atoms in total. The fourth-order valence-electron chi connectivity index (χ4n) is 0.720. The average molecular weight is 164 g/mol. The Morgan fingerprint density at radius 3 is 2.90 bits per heavy atom. The SMILES string of the molecule is BC[C@H]1COP(=O)(O)CO1. The Labute approximate surface area is 60.5 Å². The summed E-state index contributed by atoms with van der Waals surface area (Å²) in [5.74, 6) is 0. The van der Waals surface area contributed by atoms with E-state index in [1.165, 1.54) is 0 Å². The van der Waals surface area contributed by atoms with Crippen molar-refractivity contribution in [1.82, 2.24) is 0 Å². The number of ether oxygens (including phenoxy) is 1. The molecule has 1 unspecified atom stereocenters. The monoisotopic (exact) mass is 164 g/mol. The smallest absolute Gasteiger partial charge is 0.353 e.